The molecule has 0 saturated carbocycles. The minimum absolute atomic E-state index is 0.134. The van der Waals surface area contributed by atoms with Gasteiger partial charge in [0.05, 0.1) is 31.9 Å². The van der Waals surface area contributed by atoms with Gasteiger partial charge < -0.3 is 14.8 Å². The van der Waals surface area contributed by atoms with Crippen molar-refractivity contribution < 1.29 is 14.3 Å². The Kier molecular flexibility index (Phi) is 6.50. The lowest BCUT2D eigenvalue weighted by molar-refractivity contribution is 0.0332. The van der Waals surface area contributed by atoms with E-state index in [2.05, 4.69) is 10.2 Å². The average Bonchev–Trinajstić information content (AvgIpc) is 2.69. The Bertz CT molecular complexity index is 733. The lowest BCUT2D eigenvalue weighted by Gasteiger charge is -2.31. The van der Waals surface area contributed by atoms with Gasteiger partial charge in [-0.2, -0.15) is 0 Å². The van der Waals surface area contributed by atoms with E-state index in [-0.39, 0.29) is 11.9 Å². The molecule has 138 valence electrons. The van der Waals surface area contributed by atoms with Gasteiger partial charge in [-0.15, -0.1) is 0 Å². The van der Waals surface area contributed by atoms with Gasteiger partial charge in [0.25, 0.3) is 5.91 Å². The zero-order valence-corrected chi connectivity index (χ0v) is 15.5. The summed E-state index contributed by atoms with van der Waals surface area (Å²) >= 11 is 6.07. The van der Waals surface area contributed by atoms with Crippen molar-refractivity contribution in [2.24, 2.45) is 0 Å². The van der Waals surface area contributed by atoms with Gasteiger partial charge in [-0.3, -0.25) is 9.69 Å². The van der Waals surface area contributed by atoms with Gasteiger partial charge in [0.15, 0.2) is 0 Å². The van der Waals surface area contributed by atoms with Crippen molar-refractivity contribution in [3.8, 4) is 5.75 Å². The van der Waals surface area contributed by atoms with Crippen LogP contribution in [0.5, 0.6) is 5.75 Å². The summed E-state index contributed by atoms with van der Waals surface area (Å²) in [6, 6.07) is 14.9. The summed E-state index contributed by atoms with van der Waals surface area (Å²) in [6.45, 7) is 3.89. The van der Waals surface area contributed by atoms with Crippen LogP contribution in [0.2, 0.25) is 5.02 Å². The van der Waals surface area contributed by atoms with Gasteiger partial charge in [0.2, 0.25) is 0 Å². The Morgan fingerprint density at radius 1 is 1.23 bits per heavy atom. The van der Waals surface area contributed by atoms with Crippen molar-refractivity contribution in [3.63, 3.8) is 0 Å². The second-order valence-electron chi connectivity index (χ2n) is 6.19. The molecule has 0 radical (unpaired) electrons. The fourth-order valence-electron chi connectivity index (χ4n) is 3.06. The molecule has 0 aliphatic carbocycles. The number of carbonyl (C=O) groups is 1. The molecule has 1 aliphatic rings. The summed E-state index contributed by atoms with van der Waals surface area (Å²) in [6.07, 6.45) is 0. The quantitative estimate of drug-likeness (QED) is 0.843. The minimum atomic E-state index is -0.202. The van der Waals surface area contributed by atoms with Gasteiger partial charge in [-0.1, -0.05) is 41.9 Å². The van der Waals surface area contributed by atoms with Crippen molar-refractivity contribution in [1.29, 1.82) is 0 Å². The van der Waals surface area contributed by atoms with Crippen molar-refractivity contribution >= 4 is 17.5 Å². The van der Waals surface area contributed by atoms with E-state index in [4.69, 9.17) is 21.1 Å². The predicted octanol–water partition coefficient (Wildman–Crippen LogP) is 3.15. The molecule has 1 N–H and O–H groups in total. The van der Waals surface area contributed by atoms with Gasteiger partial charge >= 0.3 is 0 Å². The van der Waals surface area contributed by atoms with Crippen molar-refractivity contribution in [3.05, 3.63) is 64.7 Å². The SMILES string of the molecule is COc1ccc(Cl)cc1C(=O)NC(CN1CCOCC1)c1ccccc1. The van der Waals surface area contributed by atoms with Crippen LogP contribution in [0.3, 0.4) is 0 Å². The Labute approximate surface area is 158 Å². The fraction of sp³-hybridized carbons (Fsp3) is 0.350. The van der Waals surface area contributed by atoms with Crippen LogP contribution in [-0.2, 0) is 4.74 Å². The highest BCUT2D eigenvalue weighted by atomic mass is 35.5. The van der Waals surface area contributed by atoms with E-state index in [1.807, 2.05) is 30.3 Å². The first kappa shape index (κ1) is 18.7. The molecule has 1 unspecified atom stereocenters. The van der Waals surface area contributed by atoms with E-state index in [0.717, 1.165) is 38.4 Å². The van der Waals surface area contributed by atoms with E-state index >= 15 is 0 Å². The topological polar surface area (TPSA) is 50.8 Å². The molecular weight excluding hydrogens is 352 g/mol. The fourth-order valence-corrected chi connectivity index (χ4v) is 3.23. The number of nitrogens with zero attached hydrogens (tertiary/aromatic N) is 1. The number of halogens is 1. The maximum absolute atomic E-state index is 12.9. The number of hydrogen-bond donors (Lipinski definition) is 1. The summed E-state index contributed by atoms with van der Waals surface area (Å²) in [5.41, 5.74) is 1.50. The number of morpholine rings is 1. The molecule has 0 aromatic heterocycles. The van der Waals surface area contributed by atoms with E-state index in [0.29, 0.717) is 16.3 Å². The Hall–Kier alpha value is -2.08. The zero-order chi connectivity index (χ0) is 18.4. The monoisotopic (exact) mass is 374 g/mol. The largest absolute Gasteiger partial charge is 0.496 e. The molecule has 0 bridgehead atoms. The van der Waals surface area contributed by atoms with Crippen LogP contribution in [-0.4, -0.2) is 50.8 Å². The Morgan fingerprint density at radius 3 is 2.65 bits per heavy atom. The minimum Gasteiger partial charge on any atom is -0.496 e. The lowest BCUT2D eigenvalue weighted by atomic mass is 10.0. The van der Waals surface area contributed by atoms with E-state index in [1.165, 1.54) is 0 Å². The highest BCUT2D eigenvalue weighted by molar-refractivity contribution is 6.31. The first-order valence-corrected chi connectivity index (χ1v) is 9.04. The maximum Gasteiger partial charge on any atom is 0.255 e. The van der Waals surface area contributed by atoms with Gasteiger partial charge in [-0.05, 0) is 23.8 Å². The van der Waals surface area contributed by atoms with Crippen LogP contribution in [0.4, 0.5) is 0 Å². The van der Waals surface area contributed by atoms with Crippen LogP contribution in [0.15, 0.2) is 48.5 Å². The summed E-state index contributed by atoms with van der Waals surface area (Å²) in [5.74, 6) is 0.302. The third-order valence-corrected chi connectivity index (χ3v) is 4.69. The van der Waals surface area contributed by atoms with Gasteiger partial charge in [0.1, 0.15) is 5.75 Å². The lowest BCUT2D eigenvalue weighted by Crippen LogP contribution is -2.43. The highest BCUT2D eigenvalue weighted by Gasteiger charge is 2.22. The number of nitrogens with one attached hydrogen (secondary N) is 1. The van der Waals surface area contributed by atoms with Crippen LogP contribution < -0.4 is 10.1 Å². The predicted molar refractivity (Wildman–Crippen MR) is 102 cm³/mol. The number of amides is 1. The van der Waals surface area contributed by atoms with Gasteiger partial charge in [0, 0.05) is 24.7 Å². The van der Waals surface area contributed by atoms with Crippen LogP contribution >= 0.6 is 11.6 Å². The number of rotatable bonds is 6. The molecule has 1 amide bonds. The summed E-state index contributed by atoms with van der Waals surface area (Å²) in [5, 5.41) is 3.64. The molecule has 5 nitrogen and oxygen atoms in total. The second kappa shape index (κ2) is 9.03. The summed E-state index contributed by atoms with van der Waals surface area (Å²) in [7, 11) is 1.54. The number of carbonyl (C=O) groups excluding carboxylic acids is 1. The number of ether oxygens (including phenoxy) is 2. The molecule has 1 fully saturated rings. The van der Waals surface area contributed by atoms with E-state index in [9.17, 15) is 4.79 Å². The van der Waals surface area contributed by atoms with Crippen LogP contribution in [0.25, 0.3) is 0 Å². The van der Waals surface area contributed by atoms with Gasteiger partial charge in [-0.25, -0.2) is 0 Å². The molecule has 1 heterocycles. The number of benzene rings is 2. The molecule has 26 heavy (non-hydrogen) atoms. The molecule has 2 aromatic carbocycles. The highest BCUT2D eigenvalue weighted by Crippen LogP contribution is 2.24. The molecule has 2 aromatic rings. The van der Waals surface area contributed by atoms with E-state index in [1.54, 1.807) is 25.3 Å². The standard InChI is InChI=1S/C20H23ClN2O3/c1-25-19-8-7-16(21)13-17(19)20(24)22-18(15-5-3-2-4-6-15)14-23-9-11-26-12-10-23/h2-8,13,18H,9-12,14H2,1H3,(H,22,24). The normalized spacial score (nSPS) is 16.1. The third kappa shape index (κ3) is 4.75. The molecule has 3 rings (SSSR count). The van der Waals surface area contributed by atoms with E-state index < -0.39 is 0 Å². The Morgan fingerprint density at radius 2 is 1.96 bits per heavy atom. The molecule has 0 spiro atoms. The van der Waals surface area contributed by atoms with Crippen molar-refractivity contribution in [2.45, 2.75) is 6.04 Å². The average molecular weight is 375 g/mol. The third-order valence-electron chi connectivity index (χ3n) is 4.46. The molecule has 1 saturated heterocycles. The zero-order valence-electron chi connectivity index (χ0n) is 14.8. The van der Waals surface area contributed by atoms with Crippen molar-refractivity contribution in [1.82, 2.24) is 10.2 Å². The number of methoxy groups -OCH3 is 1. The first-order chi connectivity index (χ1) is 12.7. The van der Waals surface area contributed by atoms with Crippen LogP contribution in [0, 0.1) is 0 Å². The smallest absolute Gasteiger partial charge is 0.255 e. The Balaban J connectivity index is 1.80. The molecule has 1 aliphatic heterocycles. The van der Waals surface area contributed by atoms with Crippen molar-refractivity contribution in [2.75, 3.05) is 40.0 Å². The summed E-state index contributed by atoms with van der Waals surface area (Å²) in [4.78, 5) is 15.2. The second-order valence-corrected chi connectivity index (χ2v) is 6.63. The first-order valence-electron chi connectivity index (χ1n) is 8.67. The number of hydrogen-bond acceptors (Lipinski definition) is 4. The molecular formula is C20H23ClN2O3. The summed E-state index contributed by atoms with van der Waals surface area (Å²) < 4.78 is 10.7. The van der Waals surface area contributed by atoms with Crippen LogP contribution in [0.1, 0.15) is 22.0 Å². The molecule has 1 atom stereocenters. The maximum atomic E-state index is 12.9. The molecule has 6 heteroatoms.